The first-order chi connectivity index (χ1) is 8.06. The second-order valence-corrected chi connectivity index (χ2v) is 4.65. The van der Waals surface area contributed by atoms with E-state index in [0.717, 1.165) is 11.8 Å². The predicted octanol–water partition coefficient (Wildman–Crippen LogP) is 1.40. The molecule has 1 aromatic rings. The molecule has 0 spiro atoms. The second-order valence-electron chi connectivity index (χ2n) is 3.32. The molecule has 6 heteroatoms. The molecule has 1 atom stereocenters. The zero-order chi connectivity index (χ0) is 12.8. The van der Waals surface area contributed by atoms with Crippen molar-refractivity contribution in [1.29, 1.82) is 0 Å². The van der Waals surface area contributed by atoms with Gasteiger partial charge >= 0.3 is 5.97 Å². The lowest BCUT2D eigenvalue weighted by atomic mass is 10.3. The van der Waals surface area contributed by atoms with Crippen LogP contribution in [-0.2, 0) is 4.79 Å². The predicted molar refractivity (Wildman–Crippen MR) is 65.2 cm³/mol. The first-order valence-corrected chi connectivity index (χ1v) is 6.07. The molecule has 1 unspecified atom stereocenters. The van der Waals surface area contributed by atoms with Crippen molar-refractivity contribution < 1.29 is 14.7 Å². The van der Waals surface area contributed by atoms with Crippen LogP contribution in [0.15, 0.2) is 23.4 Å². The van der Waals surface area contributed by atoms with Crippen LogP contribution in [-0.4, -0.2) is 33.8 Å². The van der Waals surface area contributed by atoms with Gasteiger partial charge in [0.05, 0.1) is 10.8 Å². The molecule has 0 aliphatic carbocycles. The van der Waals surface area contributed by atoms with Crippen molar-refractivity contribution in [2.24, 2.45) is 0 Å². The summed E-state index contributed by atoms with van der Waals surface area (Å²) in [4.78, 5) is 26.5. The van der Waals surface area contributed by atoms with Crippen LogP contribution in [0.2, 0.25) is 0 Å². The van der Waals surface area contributed by atoms with Gasteiger partial charge < -0.3 is 10.4 Å². The molecule has 0 aromatic carbocycles. The Morgan fingerprint density at radius 3 is 2.88 bits per heavy atom. The zero-order valence-corrected chi connectivity index (χ0v) is 10.5. The summed E-state index contributed by atoms with van der Waals surface area (Å²) in [5, 5.41) is 11.6. The van der Waals surface area contributed by atoms with E-state index < -0.39 is 5.97 Å². The summed E-state index contributed by atoms with van der Waals surface area (Å²) >= 11 is 1.14. The van der Waals surface area contributed by atoms with Gasteiger partial charge in [-0.15, -0.1) is 0 Å². The fourth-order valence-electron chi connectivity index (χ4n) is 1.19. The normalized spacial score (nSPS) is 11.9. The summed E-state index contributed by atoms with van der Waals surface area (Å²) in [6.45, 7) is 4.10. The Kier molecular flexibility index (Phi) is 4.96. The number of aromatic carboxylic acids is 1. The Bertz CT molecular complexity index is 423. The summed E-state index contributed by atoms with van der Waals surface area (Å²) in [6, 6.07) is 3.03. The van der Waals surface area contributed by atoms with E-state index in [1.54, 1.807) is 13.0 Å². The Balaban J connectivity index is 2.81. The Morgan fingerprint density at radius 2 is 2.29 bits per heavy atom. The number of carboxylic acid groups (broad SMARTS) is 1. The van der Waals surface area contributed by atoms with Crippen LogP contribution in [0.1, 0.15) is 24.2 Å². The first-order valence-electron chi connectivity index (χ1n) is 5.19. The van der Waals surface area contributed by atoms with E-state index in [4.69, 9.17) is 5.11 Å². The number of pyridine rings is 1. The minimum Gasteiger partial charge on any atom is -0.478 e. The van der Waals surface area contributed by atoms with E-state index in [9.17, 15) is 9.59 Å². The van der Waals surface area contributed by atoms with Gasteiger partial charge in [0.15, 0.2) is 0 Å². The number of thioether (sulfide) groups is 1. The van der Waals surface area contributed by atoms with E-state index in [-0.39, 0.29) is 16.7 Å². The summed E-state index contributed by atoms with van der Waals surface area (Å²) in [7, 11) is 0. The molecule has 1 rings (SSSR count). The molecule has 0 saturated carbocycles. The number of carbonyl (C=O) groups is 2. The maximum Gasteiger partial charge on any atom is 0.338 e. The van der Waals surface area contributed by atoms with Crippen molar-refractivity contribution in [1.82, 2.24) is 10.3 Å². The molecule has 0 radical (unpaired) electrons. The number of hydrogen-bond acceptors (Lipinski definition) is 4. The molecule has 1 amide bonds. The van der Waals surface area contributed by atoms with Crippen molar-refractivity contribution in [2.75, 3.05) is 6.54 Å². The third-order valence-corrected chi connectivity index (χ3v) is 3.13. The Hall–Kier alpha value is -1.56. The average Bonchev–Trinajstić information content (AvgIpc) is 2.29. The van der Waals surface area contributed by atoms with E-state index in [1.165, 1.54) is 12.3 Å². The number of carbonyl (C=O) groups excluding carboxylic acids is 1. The third-order valence-electron chi connectivity index (χ3n) is 2.01. The number of rotatable bonds is 5. The molecule has 2 N–H and O–H groups in total. The molecule has 0 fully saturated rings. The summed E-state index contributed by atoms with van der Waals surface area (Å²) in [5.41, 5.74) is 0.119. The summed E-state index contributed by atoms with van der Waals surface area (Å²) < 4.78 is 0. The second kappa shape index (κ2) is 6.24. The molecule has 1 aromatic heterocycles. The lowest BCUT2D eigenvalue weighted by Crippen LogP contribution is -2.30. The van der Waals surface area contributed by atoms with Gasteiger partial charge in [0.2, 0.25) is 5.91 Å². The Labute approximate surface area is 104 Å². The SMILES string of the molecule is CCNC(=O)C(C)Sc1ncccc1C(=O)O. The van der Waals surface area contributed by atoms with Gasteiger partial charge in [0.1, 0.15) is 5.03 Å². The van der Waals surface area contributed by atoms with Gasteiger partial charge in [-0.25, -0.2) is 9.78 Å². The van der Waals surface area contributed by atoms with Gasteiger partial charge in [-0.05, 0) is 26.0 Å². The third kappa shape index (κ3) is 3.74. The van der Waals surface area contributed by atoms with Gasteiger partial charge in [-0.1, -0.05) is 11.8 Å². The van der Waals surface area contributed by atoms with Crippen LogP contribution in [0, 0.1) is 0 Å². The minimum atomic E-state index is -1.04. The summed E-state index contributed by atoms with van der Waals surface area (Å²) in [6.07, 6.45) is 1.51. The van der Waals surface area contributed by atoms with E-state index in [2.05, 4.69) is 10.3 Å². The minimum absolute atomic E-state index is 0.119. The molecule has 5 nitrogen and oxygen atoms in total. The highest BCUT2D eigenvalue weighted by atomic mass is 32.2. The summed E-state index contributed by atoms with van der Waals surface area (Å²) in [5.74, 6) is -1.16. The highest BCUT2D eigenvalue weighted by Gasteiger charge is 2.18. The standard InChI is InChI=1S/C11H14N2O3S/c1-3-12-9(14)7(2)17-10-8(11(15)16)5-4-6-13-10/h4-7H,3H2,1-2H3,(H,12,14)(H,15,16). The van der Waals surface area contributed by atoms with Crippen LogP contribution < -0.4 is 5.32 Å². The van der Waals surface area contributed by atoms with Gasteiger partial charge in [0, 0.05) is 12.7 Å². The molecule has 1 heterocycles. The van der Waals surface area contributed by atoms with E-state index in [1.807, 2.05) is 6.92 Å². The highest BCUT2D eigenvalue weighted by Crippen LogP contribution is 2.24. The zero-order valence-electron chi connectivity index (χ0n) is 9.64. The molecular weight excluding hydrogens is 240 g/mol. The van der Waals surface area contributed by atoms with Gasteiger partial charge in [-0.3, -0.25) is 4.79 Å². The monoisotopic (exact) mass is 254 g/mol. The number of hydrogen-bond donors (Lipinski definition) is 2. The molecule has 0 aliphatic heterocycles. The first kappa shape index (κ1) is 13.5. The van der Waals surface area contributed by atoms with Gasteiger partial charge in [-0.2, -0.15) is 0 Å². The number of carboxylic acids is 1. The number of amides is 1. The molecule has 0 bridgehead atoms. The van der Waals surface area contributed by atoms with Gasteiger partial charge in [0.25, 0.3) is 0 Å². The van der Waals surface area contributed by atoms with E-state index >= 15 is 0 Å². The number of nitrogens with one attached hydrogen (secondary N) is 1. The number of aromatic nitrogens is 1. The average molecular weight is 254 g/mol. The lowest BCUT2D eigenvalue weighted by Gasteiger charge is -2.11. The van der Waals surface area contributed by atoms with Crippen LogP contribution >= 0.6 is 11.8 Å². The Morgan fingerprint density at radius 1 is 1.59 bits per heavy atom. The fraction of sp³-hybridized carbons (Fsp3) is 0.364. The topological polar surface area (TPSA) is 79.3 Å². The van der Waals surface area contributed by atoms with Crippen LogP contribution in [0.5, 0.6) is 0 Å². The van der Waals surface area contributed by atoms with E-state index in [0.29, 0.717) is 11.6 Å². The van der Waals surface area contributed by atoms with Crippen LogP contribution in [0.4, 0.5) is 0 Å². The lowest BCUT2D eigenvalue weighted by molar-refractivity contribution is -0.120. The maximum absolute atomic E-state index is 11.5. The van der Waals surface area contributed by atoms with Crippen molar-refractivity contribution in [3.05, 3.63) is 23.9 Å². The molecule has 0 aliphatic rings. The molecule has 0 saturated heterocycles. The largest absolute Gasteiger partial charge is 0.478 e. The van der Waals surface area contributed by atoms with Crippen molar-refractivity contribution in [3.8, 4) is 0 Å². The highest BCUT2D eigenvalue weighted by molar-refractivity contribution is 8.00. The van der Waals surface area contributed by atoms with Crippen LogP contribution in [0.3, 0.4) is 0 Å². The smallest absolute Gasteiger partial charge is 0.338 e. The van der Waals surface area contributed by atoms with Crippen molar-refractivity contribution in [3.63, 3.8) is 0 Å². The molecular formula is C11H14N2O3S. The maximum atomic E-state index is 11.5. The number of nitrogens with zero attached hydrogens (tertiary/aromatic N) is 1. The quantitative estimate of drug-likeness (QED) is 0.776. The fourth-order valence-corrected chi connectivity index (χ4v) is 2.12. The van der Waals surface area contributed by atoms with Crippen LogP contribution in [0.25, 0.3) is 0 Å². The van der Waals surface area contributed by atoms with Crippen molar-refractivity contribution in [2.45, 2.75) is 24.1 Å². The molecule has 17 heavy (non-hydrogen) atoms. The molecule has 92 valence electrons. The van der Waals surface area contributed by atoms with Crippen molar-refractivity contribution >= 4 is 23.6 Å².